The minimum absolute atomic E-state index is 0.447. The summed E-state index contributed by atoms with van der Waals surface area (Å²) in [6.07, 6.45) is 2.86. The first-order valence-corrected chi connectivity index (χ1v) is 6.98. The van der Waals surface area contributed by atoms with Gasteiger partial charge in [-0.15, -0.1) is 0 Å². The molecule has 2 heterocycles. The van der Waals surface area contributed by atoms with Crippen molar-refractivity contribution in [2.24, 2.45) is 0 Å². The number of aromatic nitrogens is 2. The van der Waals surface area contributed by atoms with Gasteiger partial charge in [0.2, 0.25) is 0 Å². The Morgan fingerprint density at radius 1 is 1.26 bits per heavy atom. The highest BCUT2D eigenvalue weighted by molar-refractivity contribution is 7.10. The molecule has 0 aliphatic carbocycles. The zero-order valence-corrected chi connectivity index (χ0v) is 12.5. The van der Waals surface area contributed by atoms with Crippen LogP contribution in [0.25, 0.3) is 0 Å². The molecule has 6 nitrogen and oxygen atoms in total. The molecule has 0 saturated carbocycles. The Balaban J connectivity index is 0.000000250. The summed E-state index contributed by atoms with van der Waals surface area (Å²) in [6, 6.07) is 3.49. The van der Waals surface area contributed by atoms with Crippen molar-refractivity contribution in [3.05, 3.63) is 24.5 Å². The second-order valence-electron chi connectivity index (χ2n) is 4.42. The summed E-state index contributed by atoms with van der Waals surface area (Å²) in [5.74, 6) is 0. The minimum atomic E-state index is -0.464. The standard InChI is InChI=1S/C8H12N2O2S.C3H4N2S/c1-8(2,3)12-7(11)10-6-4-5-9-13-6;4-3-1-2-5-6-3/h4-5H,1-3H3,(H,10,11);1-2H,4H2. The van der Waals surface area contributed by atoms with E-state index in [4.69, 9.17) is 10.5 Å². The highest BCUT2D eigenvalue weighted by atomic mass is 32.1. The van der Waals surface area contributed by atoms with Crippen molar-refractivity contribution >= 4 is 39.2 Å². The van der Waals surface area contributed by atoms with E-state index in [-0.39, 0.29) is 0 Å². The number of anilines is 2. The van der Waals surface area contributed by atoms with Crippen molar-refractivity contribution in [3.63, 3.8) is 0 Å². The summed E-state index contributed by atoms with van der Waals surface area (Å²) in [5.41, 5.74) is 4.77. The maximum atomic E-state index is 11.2. The Morgan fingerprint density at radius 2 is 1.89 bits per heavy atom. The smallest absolute Gasteiger partial charge is 0.412 e. The molecule has 0 fully saturated rings. The van der Waals surface area contributed by atoms with Crippen LogP contribution in [-0.4, -0.2) is 20.4 Å². The molecule has 2 aromatic heterocycles. The number of ether oxygens (including phenoxy) is 1. The number of amides is 1. The number of nitrogens with zero attached hydrogens (tertiary/aromatic N) is 2. The molecular formula is C11H16N4O2S2. The van der Waals surface area contributed by atoms with E-state index in [1.54, 1.807) is 24.5 Å². The van der Waals surface area contributed by atoms with E-state index in [0.717, 1.165) is 5.00 Å². The van der Waals surface area contributed by atoms with Gasteiger partial charge in [-0.1, -0.05) is 0 Å². The van der Waals surface area contributed by atoms with Gasteiger partial charge in [-0.25, -0.2) is 4.79 Å². The van der Waals surface area contributed by atoms with Gasteiger partial charge >= 0.3 is 6.09 Å². The predicted molar refractivity (Wildman–Crippen MR) is 78.5 cm³/mol. The molecule has 0 spiro atoms. The lowest BCUT2D eigenvalue weighted by Gasteiger charge is -2.19. The summed E-state index contributed by atoms with van der Waals surface area (Å²) < 4.78 is 12.6. The third-order valence-electron chi connectivity index (χ3n) is 1.52. The van der Waals surface area contributed by atoms with E-state index in [1.807, 2.05) is 20.8 Å². The fourth-order valence-corrected chi connectivity index (χ4v) is 1.76. The lowest BCUT2D eigenvalue weighted by atomic mass is 10.2. The fourth-order valence-electron chi connectivity index (χ4n) is 0.910. The first kappa shape index (κ1) is 15.4. The third kappa shape index (κ3) is 7.37. The maximum Gasteiger partial charge on any atom is 0.412 e. The Kier molecular flexibility index (Phi) is 5.71. The second-order valence-corrected chi connectivity index (χ2v) is 6.12. The molecule has 0 saturated heterocycles. The zero-order chi connectivity index (χ0) is 14.3. The van der Waals surface area contributed by atoms with Gasteiger partial charge in [-0.3, -0.25) is 5.32 Å². The predicted octanol–water partition coefficient (Wildman–Crippen LogP) is 3.22. The number of rotatable bonds is 1. The molecule has 2 rings (SSSR count). The molecule has 0 aromatic carbocycles. The molecule has 0 unspecified atom stereocenters. The number of nitrogens with one attached hydrogen (secondary N) is 1. The average molecular weight is 300 g/mol. The number of hydrogen-bond donors (Lipinski definition) is 2. The summed E-state index contributed by atoms with van der Waals surface area (Å²) in [5, 5.41) is 4.04. The van der Waals surface area contributed by atoms with Crippen LogP contribution in [0.5, 0.6) is 0 Å². The number of carbonyl (C=O) groups excluding carboxylic acids is 1. The van der Waals surface area contributed by atoms with Crippen LogP contribution >= 0.6 is 23.1 Å². The second kappa shape index (κ2) is 7.05. The van der Waals surface area contributed by atoms with Crippen molar-refractivity contribution in [3.8, 4) is 0 Å². The van der Waals surface area contributed by atoms with Crippen LogP contribution in [0, 0.1) is 0 Å². The Morgan fingerprint density at radius 3 is 2.26 bits per heavy atom. The minimum Gasteiger partial charge on any atom is -0.444 e. The van der Waals surface area contributed by atoms with E-state index in [2.05, 4.69) is 14.1 Å². The van der Waals surface area contributed by atoms with Crippen LogP contribution in [0.2, 0.25) is 0 Å². The molecule has 104 valence electrons. The van der Waals surface area contributed by atoms with Crippen molar-refractivity contribution in [2.75, 3.05) is 11.1 Å². The first-order valence-electron chi connectivity index (χ1n) is 5.43. The molecule has 1 amide bonds. The van der Waals surface area contributed by atoms with Gasteiger partial charge in [0.05, 0.1) is 0 Å². The number of carbonyl (C=O) groups is 1. The van der Waals surface area contributed by atoms with E-state index in [0.29, 0.717) is 5.00 Å². The van der Waals surface area contributed by atoms with Gasteiger partial charge in [0, 0.05) is 12.4 Å². The van der Waals surface area contributed by atoms with Crippen LogP contribution in [0.1, 0.15) is 20.8 Å². The van der Waals surface area contributed by atoms with Gasteiger partial charge in [-0.2, -0.15) is 8.75 Å². The van der Waals surface area contributed by atoms with Crippen LogP contribution in [-0.2, 0) is 4.74 Å². The van der Waals surface area contributed by atoms with Gasteiger partial charge < -0.3 is 10.5 Å². The lowest BCUT2D eigenvalue weighted by Crippen LogP contribution is -2.26. The van der Waals surface area contributed by atoms with Crippen LogP contribution in [0.15, 0.2) is 24.5 Å². The number of nitrogens with two attached hydrogens (primary N) is 1. The first-order chi connectivity index (χ1) is 8.87. The molecule has 3 N–H and O–H groups in total. The quantitative estimate of drug-likeness (QED) is 0.844. The van der Waals surface area contributed by atoms with Crippen LogP contribution in [0.3, 0.4) is 0 Å². The van der Waals surface area contributed by atoms with E-state index >= 15 is 0 Å². The van der Waals surface area contributed by atoms with E-state index in [1.165, 1.54) is 23.1 Å². The molecule has 19 heavy (non-hydrogen) atoms. The van der Waals surface area contributed by atoms with Crippen LogP contribution < -0.4 is 11.1 Å². The zero-order valence-electron chi connectivity index (χ0n) is 10.9. The summed E-state index contributed by atoms with van der Waals surface area (Å²) >= 11 is 2.52. The normalized spacial score (nSPS) is 10.3. The Bertz CT molecular complexity index is 477. The van der Waals surface area contributed by atoms with Crippen molar-refractivity contribution in [1.82, 2.24) is 8.75 Å². The average Bonchev–Trinajstić information content (AvgIpc) is 2.89. The third-order valence-corrected chi connectivity index (χ3v) is 2.76. The Hall–Kier alpha value is -1.67. The molecule has 0 bridgehead atoms. The summed E-state index contributed by atoms with van der Waals surface area (Å²) in [7, 11) is 0. The summed E-state index contributed by atoms with van der Waals surface area (Å²) in [6.45, 7) is 5.46. The highest BCUT2D eigenvalue weighted by Crippen LogP contribution is 2.14. The fraction of sp³-hybridized carbons (Fsp3) is 0.364. The van der Waals surface area contributed by atoms with Gasteiger partial charge in [0.25, 0.3) is 0 Å². The highest BCUT2D eigenvalue weighted by Gasteiger charge is 2.16. The number of hydrogen-bond acceptors (Lipinski definition) is 7. The van der Waals surface area contributed by atoms with Gasteiger partial charge in [0.15, 0.2) is 0 Å². The molecule has 0 radical (unpaired) electrons. The Labute approximate surface area is 119 Å². The number of nitrogen functional groups attached to an aromatic ring is 1. The van der Waals surface area contributed by atoms with E-state index in [9.17, 15) is 4.79 Å². The molecule has 0 aliphatic heterocycles. The molecular weight excluding hydrogens is 284 g/mol. The van der Waals surface area contributed by atoms with Gasteiger partial charge in [0.1, 0.15) is 15.6 Å². The van der Waals surface area contributed by atoms with Crippen molar-refractivity contribution < 1.29 is 9.53 Å². The largest absolute Gasteiger partial charge is 0.444 e. The molecule has 0 atom stereocenters. The van der Waals surface area contributed by atoms with E-state index < -0.39 is 11.7 Å². The molecule has 8 heteroatoms. The van der Waals surface area contributed by atoms with Crippen molar-refractivity contribution in [2.45, 2.75) is 26.4 Å². The van der Waals surface area contributed by atoms with Gasteiger partial charge in [-0.05, 0) is 56.0 Å². The van der Waals surface area contributed by atoms with Crippen LogP contribution in [0.4, 0.5) is 14.8 Å². The summed E-state index contributed by atoms with van der Waals surface area (Å²) in [4.78, 5) is 11.2. The lowest BCUT2D eigenvalue weighted by molar-refractivity contribution is 0.0636. The topological polar surface area (TPSA) is 90.1 Å². The SMILES string of the molecule is CC(C)(C)OC(=O)Nc1ccns1.Nc1ccns1. The van der Waals surface area contributed by atoms with Crippen molar-refractivity contribution in [1.29, 1.82) is 0 Å². The monoisotopic (exact) mass is 300 g/mol. The maximum absolute atomic E-state index is 11.2. The molecule has 0 aliphatic rings. The molecule has 2 aromatic rings.